The molecule has 0 aliphatic carbocycles. The van der Waals surface area contributed by atoms with Crippen molar-refractivity contribution in [2.24, 2.45) is 17.8 Å². The lowest BCUT2D eigenvalue weighted by atomic mass is 9.94. The Morgan fingerprint density at radius 2 is 1.60 bits per heavy atom. The highest BCUT2D eigenvalue weighted by Crippen LogP contribution is 2.49. The fraction of sp³-hybridized carbons (Fsp3) is 1.00. The van der Waals surface area contributed by atoms with Crippen molar-refractivity contribution in [3.8, 4) is 0 Å². The van der Waals surface area contributed by atoms with Crippen LogP contribution in [-0.4, -0.2) is 18.0 Å². The van der Waals surface area contributed by atoms with E-state index in [0.717, 1.165) is 14.9 Å². The Labute approximate surface area is 95.9 Å². The van der Waals surface area contributed by atoms with Crippen molar-refractivity contribution in [3.63, 3.8) is 0 Å². The second-order valence-electron chi connectivity index (χ2n) is 5.32. The number of hydrogen-bond acceptors (Lipinski definition) is 2. The summed E-state index contributed by atoms with van der Waals surface area (Å²) in [5.41, 5.74) is 0. The maximum atomic E-state index is 6.25. The summed E-state index contributed by atoms with van der Waals surface area (Å²) in [5, 5.41) is 0.0349. The molecule has 0 radical (unpaired) electrons. The minimum Gasteiger partial charge on any atom is -0.348 e. The predicted molar refractivity (Wildman–Crippen MR) is 66.4 cm³/mol. The van der Waals surface area contributed by atoms with Gasteiger partial charge in [0.2, 0.25) is 0 Å². The normalized spacial score (nSPS) is 28.2. The topological polar surface area (TPSA) is 18.5 Å². The largest absolute Gasteiger partial charge is 0.348 e. The third kappa shape index (κ3) is 2.72. The third-order valence-corrected chi connectivity index (χ3v) is 5.30. The quantitative estimate of drug-likeness (QED) is 0.691. The van der Waals surface area contributed by atoms with Crippen LogP contribution in [0.2, 0.25) is 0 Å². The van der Waals surface area contributed by atoms with Gasteiger partial charge in [0, 0.05) is 5.92 Å². The second-order valence-corrected chi connectivity index (χ2v) is 6.74. The summed E-state index contributed by atoms with van der Waals surface area (Å²) in [5.74, 6) is 1.55. The molecule has 0 N–H and O–H groups in total. The van der Waals surface area contributed by atoms with E-state index in [1.807, 2.05) is 0 Å². The molecule has 0 saturated carbocycles. The van der Waals surface area contributed by atoms with Crippen LogP contribution in [0.1, 0.15) is 41.5 Å². The van der Waals surface area contributed by atoms with Crippen molar-refractivity contribution >= 4 is 8.58 Å². The van der Waals surface area contributed by atoms with E-state index in [1.54, 1.807) is 0 Å². The van der Waals surface area contributed by atoms with Crippen molar-refractivity contribution in [2.45, 2.75) is 53.2 Å². The van der Waals surface area contributed by atoms with E-state index < -0.39 is 0 Å². The maximum absolute atomic E-state index is 6.25. The molecular weight excluding hydrogens is 207 g/mol. The number of hydrogen-bond donors (Lipinski definition) is 0. The summed E-state index contributed by atoms with van der Waals surface area (Å²) in [4.78, 5) is 0. The summed E-state index contributed by atoms with van der Waals surface area (Å²) in [6.45, 7) is 13.4. The number of rotatable bonds is 3. The minimum atomic E-state index is -0.0175. The zero-order chi connectivity index (χ0) is 11.6. The van der Waals surface area contributed by atoms with Crippen molar-refractivity contribution in [2.75, 3.05) is 6.35 Å². The Morgan fingerprint density at radius 3 is 2.00 bits per heavy atom. The molecule has 2 nitrogen and oxygen atoms in total. The molecule has 1 fully saturated rings. The monoisotopic (exact) mass is 232 g/mol. The zero-order valence-electron chi connectivity index (χ0n) is 10.8. The molecule has 3 heteroatoms. The highest BCUT2D eigenvalue weighted by Gasteiger charge is 2.43. The van der Waals surface area contributed by atoms with E-state index in [9.17, 15) is 0 Å². The number of ether oxygens (including phenoxy) is 2. The van der Waals surface area contributed by atoms with Gasteiger partial charge in [0.05, 0.1) is 11.7 Å². The fourth-order valence-corrected chi connectivity index (χ4v) is 3.67. The van der Waals surface area contributed by atoms with E-state index in [4.69, 9.17) is 9.47 Å². The average Bonchev–Trinajstić information content (AvgIpc) is 2.17. The Bertz CT molecular complexity index is 194. The Hall–Kier alpha value is 0.350. The van der Waals surface area contributed by atoms with Crippen molar-refractivity contribution in [1.82, 2.24) is 0 Å². The van der Waals surface area contributed by atoms with E-state index in [-0.39, 0.29) is 11.6 Å². The fourth-order valence-electron chi connectivity index (χ4n) is 2.18. The van der Waals surface area contributed by atoms with Crippen LogP contribution in [0.3, 0.4) is 0 Å². The first-order valence-corrected chi connectivity index (χ1v) is 7.15. The Kier molecular flexibility index (Phi) is 4.58. The van der Waals surface area contributed by atoms with E-state index in [0.29, 0.717) is 17.8 Å². The molecular formula is C12H25O2P. The highest BCUT2D eigenvalue weighted by atomic mass is 31.1. The van der Waals surface area contributed by atoms with Crippen LogP contribution in [0.15, 0.2) is 0 Å². The van der Waals surface area contributed by atoms with Crippen LogP contribution in [0.4, 0.5) is 0 Å². The molecule has 1 saturated heterocycles. The van der Waals surface area contributed by atoms with Crippen LogP contribution in [0, 0.1) is 17.8 Å². The summed E-state index contributed by atoms with van der Waals surface area (Å²) in [6, 6.07) is 0. The molecule has 0 aromatic heterocycles. The lowest BCUT2D eigenvalue weighted by Gasteiger charge is -2.47. The SMILES string of the molecule is CC(C)C1OCPC(C(C)C)(C(C)C)O1. The first-order chi connectivity index (χ1) is 6.90. The standard InChI is InChI=1S/C12H25O2P/c1-8(2)11-13-7-15-12(14-11,9(3)4)10(5)6/h8-11,15H,7H2,1-6H3. The van der Waals surface area contributed by atoms with Gasteiger partial charge in [0.1, 0.15) is 0 Å². The predicted octanol–water partition coefficient (Wildman–Crippen LogP) is 3.66. The molecule has 2 unspecified atom stereocenters. The van der Waals surface area contributed by atoms with Crippen LogP contribution in [0.5, 0.6) is 0 Å². The van der Waals surface area contributed by atoms with Gasteiger partial charge in [-0.1, -0.05) is 50.1 Å². The van der Waals surface area contributed by atoms with Gasteiger partial charge in [-0.2, -0.15) is 0 Å². The summed E-state index contributed by atoms with van der Waals surface area (Å²) < 4.78 is 11.9. The van der Waals surface area contributed by atoms with Gasteiger partial charge < -0.3 is 9.47 Å². The van der Waals surface area contributed by atoms with E-state index in [2.05, 4.69) is 41.5 Å². The molecule has 0 amide bonds. The average molecular weight is 232 g/mol. The summed E-state index contributed by atoms with van der Waals surface area (Å²) in [6.07, 6.45) is 0.843. The first kappa shape index (κ1) is 13.4. The molecule has 0 aromatic carbocycles. The molecule has 1 aliphatic rings. The molecule has 1 aliphatic heterocycles. The third-order valence-electron chi connectivity index (χ3n) is 3.17. The molecule has 0 spiro atoms. The summed E-state index contributed by atoms with van der Waals surface area (Å²) in [7, 11) is 0.758. The van der Waals surface area contributed by atoms with Gasteiger partial charge in [0.25, 0.3) is 0 Å². The Balaban J connectivity index is 2.80. The Morgan fingerprint density at radius 1 is 1.07 bits per heavy atom. The second kappa shape index (κ2) is 5.12. The highest BCUT2D eigenvalue weighted by molar-refractivity contribution is 7.39. The van der Waals surface area contributed by atoms with Gasteiger partial charge >= 0.3 is 0 Å². The van der Waals surface area contributed by atoms with Crippen LogP contribution in [-0.2, 0) is 9.47 Å². The van der Waals surface area contributed by atoms with Gasteiger partial charge in [-0.15, -0.1) is 0 Å². The maximum Gasteiger partial charge on any atom is 0.161 e. The van der Waals surface area contributed by atoms with E-state index >= 15 is 0 Å². The molecule has 1 rings (SSSR count). The van der Waals surface area contributed by atoms with E-state index in [1.165, 1.54) is 0 Å². The summed E-state index contributed by atoms with van der Waals surface area (Å²) >= 11 is 0. The molecule has 0 bridgehead atoms. The van der Waals surface area contributed by atoms with Crippen molar-refractivity contribution < 1.29 is 9.47 Å². The van der Waals surface area contributed by atoms with Gasteiger partial charge in [-0.25, -0.2) is 0 Å². The minimum absolute atomic E-state index is 0.0175. The molecule has 90 valence electrons. The van der Waals surface area contributed by atoms with Gasteiger partial charge in [-0.3, -0.25) is 0 Å². The van der Waals surface area contributed by atoms with Crippen molar-refractivity contribution in [1.29, 1.82) is 0 Å². The van der Waals surface area contributed by atoms with Crippen LogP contribution >= 0.6 is 8.58 Å². The molecule has 2 atom stereocenters. The molecule has 1 heterocycles. The van der Waals surface area contributed by atoms with Gasteiger partial charge in [0.15, 0.2) is 6.29 Å². The van der Waals surface area contributed by atoms with Crippen molar-refractivity contribution in [3.05, 3.63) is 0 Å². The molecule has 15 heavy (non-hydrogen) atoms. The van der Waals surface area contributed by atoms with Crippen LogP contribution in [0.25, 0.3) is 0 Å². The lowest BCUT2D eigenvalue weighted by molar-refractivity contribution is -0.230. The zero-order valence-corrected chi connectivity index (χ0v) is 11.8. The van der Waals surface area contributed by atoms with Gasteiger partial charge in [-0.05, 0) is 11.8 Å². The molecule has 0 aromatic rings. The lowest BCUT2D eigenvalue weighted by Crippen LogP contribution is -2.47. The smallest absolute Gasteiger partial charge is 0.161 e. The van der Waals surface area contributed by atoms with Crippen LogP contribution < -0.4 is 0 Å². The first-order valence-electron chi connectivity index (χ1n) is 5.94.